The largest absolute Gasteiger partial charge is 0.353 e. The van der Waals surface area contributed by atoms with Gasteiger partial charge in [0.15, 0.2) is 0 Å². The van der Waals surface area contributed by atoms with Gasteiger partial charge in [-0.25, -0.2) is 0 Å². The van der Waals surface area contributed by atoms with Gasteiger partial charge in [-0.15, -0.1) is 0 Å². The van der Waals surface area contributed by atoms with Crippen LogP contribution in [0, 0.1) is 0 Å². The van der Waals surface area contributed by atoms with Crippen LogP contribution in [0.2, 0.25) is 10.0 Å². The summed E-state index contributed by atoms with van der Waals surface area (Å²) in [6.07, 6.45) is 1.23. The number of hydrogen-bond acceptors (Lipinski definition) is 1. The molecule has 0 saturated heterocycles. The van der Waals surface area contributed by atoms with Gasteiger partial charge in [-0.2, -0.15) is 0 Å². The first-order valence-electron chi connectivity index (χ1n) is 5.25. The molecular formula is C12H15Cl2NO. The van der Waals surface area contributed by atoms with E-state index in [9.17, 15) is 4.79 Å². The minimum absolute atomic E-state index is 0.00677. The van der Waals surface area contributed by atoms with E-state index in [2.05, 4.69) is 5.32 Å². The van der Waals surface area contributed by atoms with Crippen LogP contribution in [0.1, 0.15) is 25.8 Å². The summed E-state index contributed by atoms with van der Waals surface area (Å²) >= 11 is 11.7. The van der Waals surface area contributed by atoms with Crippen molar-refractivity contribution in [3.63, 3.8) is 0 Å². The Morgan fingerprint density at radius 3 is 2.38 bits per heavy atom. The monoisotopic (exact) mass is 259 g/mol. The molecule has 0 aliphatic heterocycles. The lowest BCUT2D eigenvalue weighted by Crippen LogP contribution is -2.33. The van der Waals surface area contributed by atoms with E-state index in [1.165, 1.54) is 0 Å². The van der Waals surface area contributed by atoms with E-state index < -0.39 is 0 Å². The topological polar surface area (TPSA) is 29.1 Å². The summed E-state index contributed by atoms with van der Waals surface area (Å²) in [4.78, 5) is 11.6. The molecule has 0 heterocycles. The molecule has 0 saturated carbocycles. The van der Waals surface area contributed by atoms with Crippen molar-refractivity contribution in [2.24, 2.45) is 0 Å². The predicted octanol–water partition coefficient (Wildman–Crippen LogP) is 3.45. The second kappa shape index (κ2) is 6.12. The summed E-state index contributed by atoms with van der Waals surface area (Å²) in [5.41, 5.74) is 0.832. The third kappa shape index (κ3) is 4.42. The maximum absolute atomic E-state index is 11.6. The fraction of sp³-hybridized carbons (Fsp3) is 0.417. The van der Waals surface area contributed by atoms with Crippen LogP contribution in [0.5, 0.6) is 0 Å². The Hall–Kier alpha value is -0.730. The van der Waals surface area contributed by atoms with Crippen molar-refractivity contribution in [1.29, 1.82) is 0 Å². The molecule has 1 N–H and O–H groups in total. The van der Waals surface area contributed by atoms with E-state index in [0.717, 1.165) is 12.0 Å². The van der Waals surface area contributed by atoms with Gasteiger partial charge in [-0.3, -0.25) is 4.79 Å². The van der Waals surface area contributed by atoms with Crippen LogP contribution in [0.25, 0.3) is 0 Å². The first kappa shape index (κ1) is 13.3. The second-order valence-electron chi connectivity index (χ2n) is 3.83. The number of rotatable bonds is 4. The quantitative estimate of drug-likeness (QED) is 0.882. The standard InChI is InChI=1S/C12H15Cl2NO/c1-3-8(2)15-12(16)6-9-4-10(13)7-11(14)5-9/h4-5,7-8H,3,6H2,1-2H3,(H,15,16). The van der Waals surface area contributed by atoms with Crippen LogP contribution >= 0.6 is 23.2 Å². The van der Waals surface area contributed by atoms with Crippen LogP contribution in [0.3, 0.4) is 0 Å². The van der Waals surface area contributed by atoms with Crippen molar-refractivity contribution in [2.75, 3.05) is 0 Å². The van der Waals surface area contributed by atoms with Crippen LogP contribution < -0.4 is 5.32 Å². The minimum Gasteiger partial charge on any atom is -0.353 e. The molecule has 1 atom stereocenters. The molecule has 0 aliphatic carbocycles. The SMILES string of the molecule is CCC(C)NC(=O)Cc1cc(Cl)cc(Cl)c1. The Morgan fingerprint density at radius 2 is 1.88 bits per heavy atom. The van der Waals surface area contributed by atoms with Gasteiger partial charge in [0.2, 0.25) is 5.91 Å². The Bertz CT molecular complexity index is 359. The maximum atomic E-state index is 11.6. The second-order valence-corrected chi connectivity index (χ2v) is 4.70. The summed E-state index contributed by atoms with van der Waals surface area (Å²) in [6, 6.07) is 5.36. The molecule has 0 aromatic heterocycles. The van der Waals surface area contributed by atoms with Crippen molar-refractivity contribution in [1.82, 2.24) is 5.32 Å². The van der Waals surface area contributed by atoms with Crippen LogP contribution in [0.15, 0.2) is 18.2 Å². The molecule has 16 heavy (non-hydrogen) atoms. The number of carbonyl (C=O) groups is 1. The molecule has 2 nitrogen and oxygen atoms in total. The number of benzene rings is 1. The summed E-state index contributed by atoms with van der Waals surface area (Å²) in [5.74, 6) is -0.00677. The third-order valence-electron chi connectivity index (χ3n) is 2.31. The lowest BCUT2D eigenvalue weighted by Gasteiger charge is -2.11. The molecule has 4 heteroatoms. The molecular weight excluding hydrogens is 245 g/mol. The fourth-order valence-electron chi connectivity index (χ4n) is 1.33. The van der Waals surface area contributed by atoms with Crippen molar-refractivity contribution in [3.05, 3.63) is 33.8 Å². The zero-order valence-electron chi connectivity index (χ0n) is 9.39. The predicted molar refractivity (Wildman–Crippen MR) is 68.1 cm³/mol. The van der Waals surface area contributed by atoms with E-state index in [-0.39, 0.29) is 11.9 Å². The van der Waals surface area contributed by atoms with Crippen molar-refractivity contribution in [2.45, 2.75) is 32.7 Å². The average molecular weight is 260 g/mol. The Kier molecular flexibility index (Phi) is 5.10. The van der Waals surface area contributed by atoms with Gasteiger partial charge in [0, 0.05) is 16.1 Å². The molecule has 0 bridgehead atoms. The molecule has 0 fully saturated rings. The maximum Gasteiger partial charge on any atom is 0.224 e. The molecule has 0 radical (unpaired) electrons. The number of amides is 1. The van der Waals surface area contributed by atoms with Crippen LogP contribution in [-0.4, -0.2) is 11.9 Å². The molecule has 0 aliphatic rings. The summed E-state index contributed by atoms with van der Waals surface area (Å²) in [6.45, 7) is 4.00. The Balaban J connectivity index is 2.62. The Labute approximate surface area is 106 Å². The van der Waals surface area contributed by atoms with E-state index in [0.29, 0.717) is 16.5 Å². The zero-order chi connectivity index (χ0) is 12.1. The van der Waals surface area contributed by atoms with Crippen molar-refractivity contribution < 1.29 is 4.79 Å². The summed E-state index contributed by atoms with van der Waals surface area (Å²) in [7, 11) is 0. The first-order chi connectivity index (χ1) is 7.51. The normalized spacial score (nSPS) is 12.2. The summed E-state index contributed by atoms with van der Waals surface area (Å²) < 4.78 is 0. The molecule has 88 valence electrons. The number of nitrogens with one attached hydrogen (secondary N) is 1. The minimum atomic E-state index is -0.00677. The lowest BCUT2D eigenvalue weighted by atomic mass is 10.1. The van der Waals surface area contributed by atoms with E-state index >= 15 is 0 Å². The molecule has 1 aromatic carbocycles. The zero-order valence-corrected chi connectivity index (χ0v) is 10.9. The van der Waals surface area contributed by atoms with Gasteiger partial charge < -0.3 is 5.32 Å². The van der Waals surface area contributed by atoms with E-state index in [1.54, 1.807) is 18.2 Å². The molecule has 1 unspecified atom stereocenters. The highest BCUT2D eigenvalue weighted by Gasteiger charge is 2.07. The van der Waals surface area contributed by atoms with Gasteiger partial charge in [-0.1, -0.05) is 30.1 Å². The van der Waals surface area contributed by atoms with Gasteiger partial charge in [0.25, 0.3) is 0 Å². The number of carbonyl (C=O) groups excluding carboxylic acids is 1. The number of hydrogen-bond donors (Lipinski definition) is 1. The number of halogens is 2. The van der Waals surface area contributed by atoms with E-state index in [1.807, 2.05) is 13.8 Å². The Morgan fingerprint density at radius 1 is 1.31 bits per heavy atom. The first-order valence-corrected chi connectivity index (χ1v) is 6.01. The van der Waals surface area contributed by atoms with Crippen molar-refractivity contribution in [3.8, 4) is 0 Å². The van der Waals surface area contributed by atoms with Crippen LogP contribution in [0.4, 0.5) is 0 Å². The highest BCUT2D eigenvalue weighted by atomic mass is 35.5. The molecule has 1 amide bonds. The van der Waals surface area contributed by atoms with Gasteiger partial charge >= 0.3 is 0 Å². The molecule has 0 spiro atoms. The van der Waals surface area contributed by atoms with E-state index in [4.69, 9.17) is 23.2 Å². The summed E-state index contributed by atoms with van der Waals surface area (Å²) in [5, 5.41) is 4.00. The average Bonchev–Trinajstić information content (AvgIpc) is 2.15. The third-order valence-corrected chi connectivity index (χ3v) is 2.74. The molecule has 1 rings (SSSR count). The van der Waals surface area contributed by atoms with Gasteiger partial charge in [0.1, 0.15) is 0 Å². The van der Waals surface area contributed by atoms with Gasteiger partial charge in [-0.05, 0) is 37.1 Å². The lowest BCUT2D eigenvalue weighted by molar-refractivity contribution is -0.121. The highest BCUT2D eigenvalue weighted by Crippen LogP contribution is 2.19. The molecule has 1 aromatic rings. The highest BCUT2D eigenvalue weighted by molar-refractivity contribution is 6.34. The van der Waals surface area contributed by atoms with Crippen molar-refractivity contribution >= 4 is 29.1 Å². The smallest absolute Gasteiger partial charge is 0.224 e. The van der Waals surface area contributed by atoms with Gasteiger partial charge in [0.05, 0.1) is 6.42 Å². The van der Waals surface area contributed by atoms with Crippen LogP contribution in [-0.2, 0) is 11.2 Å². The fourth-order valence-corrected chi connectivity index (χ4v) is 1.90.